The summed E-state index contributed by atoms with van der Waals surface area (Å²) in [6.07, 6.45) is 2.94. The highest BCUT2D eigenvalue weighted by Gasteiger charge is 2.29. The predicted molar refractivity (Wildman–Crippen MR) is 104 cm³/mol. The molecule has 6 nitrogen and oxygen atoms in total. The number of hydrogen-bond acceptors (Lipinski definition) is 4. The zero-order valence-corrected chi connectivity index (χ0v) is 16.4. The molecule has 0 radical (unpaired) electrons. The Balaban J connectivity index is 1.79. The average Bonchev–Trinajstić information content (AvgIpc) is 2.61. The number of nitrogens with zero attached hydrogens (tertiary/aromatic N) is 1. The van der Waals surface area contributed by atoms with Gasteiger partial charge in [0.1, 0.15) is 5.75 Å². The number of anilines is 1. The molecule has 1 fully saturated rings. The molecule has 2 rings (SSSR count). The summed E-state index contributed by atoms with van der Waals surface area (Å²) in [5.41, 5.74) is 0.657. The van der Waals surface area contributed by atoms with Crippen molar-refractivity contribution in [2.75, 3.05) is 39.6 Å². The molecule has 1 aliphatic carbocycles. The van der Waals surface area contributed by atoms with Crippen LogP contribution in [0.15, 0.2) is 18.2 Å². The van der Waals surface area contributed by atoms with Gasteiger partial charge in [0.25, 0.3) is 0 Å². The Kier molecular flexibility index (Phi) is 7.72. The van der Waals surface area contributed by atoms with Gasteiger partial charge in [-0.2, -0.15) is 0 Å². The number of nitrogens with one attached hydrogen (secondary N) is 2. The van der Waals surface area contributed by atoms with Crippen LogP contribution < -0.4 is 15.4 Å². The van der Waals surface area contributed by atoms with E-state index in [1.807, 2.05) is 19.0 Å². The first-order chi connectivity index (χ1) is 12.4. The summed E-state index contributed by atoms with van der Waals surface area (Å²) in [6, 6.07) is 5.18. The molecule has 0 atom stereocenters. The van der Waals surface area contributed by atoms with Crippen LogP contribution in [0.25, 0.3) is 0 Å². The van der Waals surface area contributed by atoms with E-state index in [0.29, 0.717) is 23.0 Å². The molecule has 7 heteroatoms. The summed E-state index contributed by atoms with van der Waals surface area (Å²) >= 11 is 6.09. The highest BCUT2D eigenvalue weighted by molar-refractivity contribution is 6.32. The monoisotopic (exact) mass is 381 g/mol. The molecule has 1 aromatic carbocycles. The van der Waals surface area contributed by atoms with Crippen LogP contribution in [0.2, 0.25) is 5.02 Å². The van der Waals surface area contributed by atoms with Crippen LogP contribution in [0.5, 0.6) is 5.75 Å². The van der Waals surface area contributed by atoms with E-state index in [4.69, 9.17) is 16.3 Å². The van der Waals surface area contributed by atoms with Gasteiger partial charge in [0.05, 0.1) is 12.1 Å². The maximum atomic E-state index is 12.5. The highest BCUT2D eigenvalue weighted by Crippen LogP contribution is 2.31. The first-order valence-electron chi connectivity index (χ1n) is 8.97. The molecule has 26 heavy (non-hydrogen) atoms. The predicted octanol–water partition coefficient (Wildman–Crippen LogP) is 2.77. The lowest BCUT2D eigenvalue weighted by Gasteiger charge is -2.27. The number of rotatable bonds is 7. The van der Waals surface area contributed by atoms with Crippen molar-refractivity contribution in [3.63, 3.8) is 0 Å². The van der Waals surface area contributed by atoms with Gasteiger partial charge in [-0.3, -0.25) is 9.59 Å². The van der Waals surface area contributed by atoms with Gasteiger partial charge in [-0.15, -0.1) is 0 Å². The second kappa shape index (κ2) is 9.78. The minimum atomic E-state index is -0.0679. The second-order valence-electron chi connectivity index (χ2n) is 6.98. The minimum Gasteiger partial charge on any atom is -0.495 e. The van der Waals surface area contributed by atoms with Gasteiger partial charge in [0.2, 0.25) is 11.8 Å². The van der Waals surface area contributed by atoms with Crippen LogP contribution in [-0.4, -0.2) is 51.0 Å². The van der Waals surface area contributed by atoms with Crippen molar-refractivity contribution in [2.24, 2.45) is 11.8 Å². The first kappa shape index (κ1) is 20.5. The van der Waals surface area contributed by atoms with Crippen molar-refractivity contribution >= 4 is 29.1 Å². The Labute approximate surface area is 160 Å². The molecule has 2 N–H and O–H groups in total. The summed E-state index contributed by atoms with van der Waals surface area (Å²) in [4.78, 5) is 26.7. The van der Waals surface area contributed by atoms with Crippen molar-refractivity contribution < 1.29 is 14.3 Å². The zero-order chi connectivity index (χ0) is 19.1. The number of carbonyl (C=O) groups excluding carboxylic acids is 2. The Morgan fingerprint density at radius 2 is 1.77 bits per heavy atom. The van der Waals surface area contributed by atoms with Crippen LogP contribution in [0.3, 0.4) is 0 Å². The summed E-state index contributed by atoms with van der Waals surface area (Å²) in [5, 5.41) is 6.35. The summed E-state index contributed by atoms with van der Waals surface area (Å²) in [5.74, 6) is 0.606. The fourth-order valence-corrected chi connectivity index (χ4v) is 3.41. The van der Waals surface area contributed by atoms with Crippen LogP contribution in [0.1, 0.15) is 25.7 Å². The topological polar surface area (TPSA) is 70.7 Å². The van der Waals surface area contributed by atoms with Gasteiger partial charge < -0.3 is 20.3 Å². The quantitative estimate of drug-likeness (QED) is 0.761. The third-order valence-electron chi connectivity index (χ3n) is 4.75. The summed E-state index contributed by atoms with van der Waals surface area (Å²) in [7, 11) is 5.51. The van der Waals surface area contributed by atoms with Gasteiger partial charge >= 0.3 is 0 Å². The van der Waals surface area contributed by atoms with Crippen molar-refractivity contribution in [1.29, 1.82) is 0 Å². The van der Waals surface area contributed by atoms with Crippen molar-refractivity contribution in [1.82, 2.24) is 10.2 Å². The molecule has 2 amide bonds. The Hall–Kier alpha value is -1.79. The lowest BCUT2D eigenvalue weighted by Crippen LogP contribution is -2.38. The Bertz CT molecular complexity index is 628. The zero-order valence-electron chi connectivity index (χ0n) is 15.7. The summed E-state index contributed by atoms with van der Waals surface area (Å²) in [6.45, 7) is 1.48. The van der Waals surface area contributed by atoms with E-state index < -0.39 is 0 Å². The average molecular weight is 382 g/mol. The standard InChI is InChI=1S/C19H28ClN3O3/c1-23(2)11-10-21-18(24)13-4-6-14(7-5-13)19(25)22-15-8-9-17(26-3)16(20)12-15/h8-9,12-14H,4-7,10-11H2,1-3H3,(H,21,24)(H,22,25). The fourth-order valence-electron chi connectivity index (χ4n) is 3.15. The number of carbonyl (C=O) groups is 2. The molecular weight excluding hydrogens is 354 g/mol. The third-order valence-corrected chi connectivity index (χ3v) is 5.04. The lowest BCUT2D eigenvalue weighted by atomic mass is 9.81. The second-order valence-corrected chi connectivity index (χ2v) is 7.39. The van der Waals surface area contributed by atoms with Gasteiger partial charge in [0, 0.05) is 30.6 Å². The molecular formula is C19H28ClN3O3. The van der Waals surface area contributed by atoms with E-state index in [1.165, 1.54) is 0 Å². The molecule has 0 bridgehead atoms. The van der Waals surface area contributed by atoms with E-state index in [-0.39, 0.29) is 23.7 Å². The van der Waals surface area contributed by atoms with E-state index in [1.54, 1.807) is 25.3 Å². The maximum Gasteiger partial charge on any atom is 0.227 e. The molecule has 144 valence electrons. The maximum absolute atomic E-state index is 12.5. The molecule has 0 unspecified atom stereocenters. The normalized spacial score (nSPS) is 19.9. The van der Waals surface area contributed by atoms with Crippen molar-refractivity contribution in [3.8, 4) is 5.75 Å². The summed E-state index contributed by atoms with van der Waals surface area (Å²) < 4.78 is 5.11. The lowest BCUT2D eigenvalue weighted by molar-refractivity contribution is -0.128. The van der Waals surface area contributed by atoms with Gasteiger partial charge in [-0.1, -0.05) is 11.6 Å². The molecule has 1 aliphatic rings. The Morgan fingerprint density at radius 3 is 2.31 bits per heavy atom. The van der Waals surface area contributed by atoms with Gasteiger partial charge in [-0.25, -0.2) is 0 Å². The van der Waals surface area contributed by atoms with E-state index in [9.17, 15) is 9.59 Å². The number of likely N-dealkylation sites (N-methyl/N-ethyl adjacent to an activating group) is 1. The fraction of sp³-hybridized carbons (Fsp3) is 0.579. The van der Waals surface area contributed by atoms with Gasteiger partial charge in [-0.05, 0) is 58.0 Å². The molecule has 1 aromatic rings. The smallest absolute Gasteiger partial charge is 0.227 e. The number of methoxy groups -OCH3 is 1. The van der Waals surface area contributed by atoms with Gasteiger partial charge in [0.15, 0.2) is 0 Å². The molecule has 0 aromatic heterocycles. The van der Waals surface area contributed by atoms with Crippen LogP contribution in [0, 0.1) is 11.8 Å². The van der Waals surface area contributed by atoms with Crippen molar-refractivity contribution in [3.05, 3.63) is 23.2 Å². The van der Waals surface area contributed by atoms with Crippen molar-refractivity contribution in [2.45, 2.75) is 25.7 Å². The number of benzene rings is 1. The molecule has 0 aliphatic heterocycles. The largest absolute Gasteiger partial charge is 0.495 e. The molecule has 0 spiro atoms. The van der Waals surface area contributed by atoms with Crippen LogP contribution >= 0.6 is 11.6 Å². The SMILES string of the molecule is COc1ccc(NC(=O)C2CCC(C(=O)NCCN(C)C)CC2)cc1Cl. The van der Waals surface area contributed by atoms with E-state index in [0.717, 1.165) is 32.2 Å². The highest BCUT2D eigenvalue weighted by atomic mass is 35.5. The van der Waals surface area contributed by atoms with E-state index in [2.05, 4.69) is 10.6 Å². The number of hydrogen-bond donors (Lipinski definition) is 2. The number of ether oxygens (including phenoxy) is 1. The molecule has 0 heterocycles. The number of halogens is 1. The van der Waals surface area contributed by atoms with E-state index >= 15 is 0 Å². The first-order valence-corrected chi connectivity index (χ1v) is 9.35. The minimum absolute atomic E-state index is 0.0108. The molecule has 1 saturated carbocycles. The van der Waals surface area contributed by atoms with Crippen LogP contribution in [0.4, 0.5) is 5.69 Å². The Morgan fingerprint density at radius 1 is 1.15 bits per heavy atom. The third kappa shape index (κ3) is 5.88. The van der Waals surface area contributed by atoms with Crippen LogP contribution in [-0.2, 0) is 9.59 Å². The number of amides is 2. The molecule has 0 saturated heterocycles.